The molecule has 2 saturated heterocycles. The maximum absolute atomic E-state index is 12.6. The summed E-state index contributed by atoms with van der Waals surface area (Å²) in [5.74, 6) is 0.675. The molecule has 4 rings (SSSR count). The van der Waals surface area contributed by atoms with Crippen LogP contribution in [0.25, 0.3) is 0 Å². The third-order valence-corrected chi connectivity index (χ3v) is 7.23. The molecule has 0 bridgehead atoms. The maximum Gasteiger partial charge on any atom is 0.306 e. The number of hydrogen-bond acceptors (Lipinski definition) is 4. The van der Waals surface area contributed by atoms with Gasteiger partial charge in [0.1, 0.15) is 5.60 Å². The first-order valence-corrected chi connectivity index (χ1v) is 11.7. The van der Waals surface area contributed by atoms with Gasteiger partial charge in [0.2, 0.25) is 0 Å². The molecule has 0 N–H and O–H groups in total. The van der Waals surface area contributed by atoms with E-state index in [2.05, 4.69) is 6.92 Å². The Bertz CT molecular complexity index is 507. The van der Waals surface area contributed by atoms with Gasteiger partial charge >= 0.3 is 5.97 Å². The minimum absolute atomic E-state index is 0.0269. The van der Waals surface area contributed by atoms with E-state index >= 15 is 0 Å². The quantitative estimate of drug-likeness (QED) is 0.277. The van der Waals surface area contributed by atoms with Crippen molar-refractivity contribution in [2.24, 2.45) is 5.92 Å². The van der Waals surface area contributed by atoms with Gasteiger partial charge in [0.05, 0.1) is 24.4 Å². The highest BCUT2D eigenvalue weighted by Crippen LogP contribution is 2.49. The van der Waals surface area contributed by atoms with Crippen LogP contribution in [0.5, 0.6) is 0 Å². The zero-order valence-corrected chi connectivity index (χ0v) is 17.1. The Morgan fingerprint density at radius 2 is 1.67 bits per heavy atom. The fourth-order valence-electron chi connectivity index (χ4n) is 5.52. The summed E-state index contributed by atoms with van der Waals surface area (Å²) in [5.41, 5.74) is -0.262. The van der Waals surface area contributed by atoms with E-state index in [1.54, 1.807) is 0 Å². The second-order valence-corrected chi connectivity index (χ2v) is 9.58. The summed E-state index contributed by atoms with van der Waals surface area (Å²) in [4.78, 5) is 12.6. The predicted molar refractivity (Wildman–Crippen MR) is 105 cm³/mol. The largest absolute Gasteiger partial charge is 0.459 e. The van der Waals surface area contributed by atoms with Gasteiger partial charge in [-0.3, -0.25) is 4.79 Å². The summed E-state index contributed by atoms with van der Waals surface area (Å²) in [6, 6.07) is 0. The third-order valence-electron chi connectivity index (χ3n) is 7.23. The Morgan fingerprint density at radius 3 is 2.44 bits per heavy atom. The first-order chi connectivity index (χ1) is 13.2. The lowest BCUT2D eigenvalue weighted by Crippen LogP contribution is -2.42. The highest BCUT2D eigenvalue weighted by molar-refractivity contribution is 5.69. The zero-order chi connectivity index (χ0) is 18.7. The van der Waals surface area contributed by atoms with Crippen LogP contribution in [0.3, 0.4) is 0 Å². The molecule has 2 aliphatic carbocycles. The molecule has 0 amide bonds. The van der Waals surface area contributed by atoms with Crippen LogP contribution in [-0.2, 0) is 19.0 Å². The van der Waals surface area contributed by atoms with Crippen LogP contribution >= 0.6 is 0 Å². The normalized spacial score (nSPS) is 39.4. The molecule has 4 fully saturated rings. The van der Waals surface area contributed by atoms with E-state index in [9.17, 15) is 4.79 Å². The van der Waals surface area contributed by atoms with Gasteiger partial charge < -0.3 is 14.2 Å². The van der Waals surface area contributed by atoms with Crippen molar-refractivity contribution in [1.82, 2.24) is 0 Å². The van der Waals surface area contributed by atoms with Gasteiger partial charge in [-0.2, -0.15) is 0 Å². The predicted octanol–water partition coefficient (Wildman–Crippen LogP) is 5.32. The lowest BCUT2D eigenvalue weighted by Gasteiger charge is -2.38. The van der Waals surface area contributed by atoms with Crippen molar-refractivity contribution in [3.8, 4) is 0 Å². The average molecular weight is 379 g/mol. The molecule has 0 aromatic rings. The van der Waals surface area contributed by atoms with Crippen molar-refractivity contribution in [3.05, 3.63) is 0 Å². The fourth-order valence-corrected chi connectivity index (χ4v) is 5.52. The van der Waals surface area contributed by atoms with Crippen LogP contribution in [0, 0.1) is 5.92 Å². The van der Waals surface area contributed by atoms with Gasteiger partial charge in [-0.05, 0) is 50.9 Å². The molecule has 4 aliphatic rings. The second-order valence-electron chi connectivity index (χ2n) is 9.58. The van der Waals surface area contributed by atoms with E-state index in [1.165, 1.54) is 44.9 Å². The van der Waals surface area contributed by atoms with Crippen LogP contribution < -0.4 is 0 Å². The summed E-state index contributed by atoms with van der Waals surface area (Å²) < 4.78 is 17.7. The molecular formula is C23H38O4. The Morgan fingerprint density at radius 1 is 0.926 bits per heavy atom. The minimum Gasteiger partial charge on any atom is -0.459 e. The molecule has 4 nitrogen and oxygen atoms in total. The second kappa shape index (κ2) is 8.82. The molecule has 0 spiro atoms. The van der Waals surface area contributed by atoms with Crippen molar-refractivity contribution in [2.45, 2.75) is 133 Å². The number of hydrogen-bond donors (Lipinski definition) is 0. The van der Waals surface area contributed by atoms with Crippen molar-refractivity contribution in [3.63, 3.8) is 0 Å². The Hall–Kier alpha value is -0.610. The molecular weight excluding hydrogens is 340 g/mol. The molecule has 6 unspecified atom stereocenters. The van der Waals surface area contributed by atoms with Crippen LogP contribution in [0.1, 0.15) is 103 Å². The molecule has 2 saturated carbocycles. The third kappa shape index (κ3) is 5.47. The first kappa shape index (κ1) is 19.7. The molecule has 4 heteroatoms. The maximum atomic E-state index is 12.6. The smallest absolute Gasteiger partial charge is 0.306 e. The fraction of sp³-hybridized carbons (Fsp3) is 0.957. The number of epoxide rings is 2. The number of fused-ring (bicyclic) bond motifs is 2. The summed E-state index contributed by atoms with van der Waals surface area (Å²) >= 11 is 0. The molecule has 2 aliphatic heterocycles. The standard InChI is InChI=1S/C23H38O4/c1-2-3-4-5-6-7-8-9-22(24)27-23(13-12-19-21(16-23)26-19)15-17-10-11-18-20(14-17)25-18/h17-21H,2-16H2,1H3. The van der Waals surface area contributed by atoms with E-state index in [1.807, 2.05) is 0 Å². The van der Waals surface area contributed by atoms with Gasteiger partial charge in [0, 0.05) is 12.8 Å². The molecule has 6 atom stereocenters. The van der Waals surface area contributed by atoms with E-state index < -0.39 is 0 Å². The van der Waals surface area contributed by atoms with E-state index in [4.69, 9.17) is 14.2 Å². The van der Waals surface area contributed by atoms with Crippen LogP contribution in [0.2, 0.25) is 0 Å². The van der Waals surface area contributed by atoms with Gasteiger partial charge in [-0.25, -0.2) is 0 Å². The molecule has 0 aromatic heterocycles. The molecule has 27 heavy (non-hydrogen) atoms. The number of esters is 1. The number of carbonyl (C=O) groups is 1. The first-order valence-electron chi connectivity index (χ1n) is 11.7. The Labute approximate surface area is 164 Å². The lowest BCUT2D eigenvalue weighted by atomic mass is 9.74. The molecule has 0 aromatic carbocycles. The lowest BCUT2D eigenvalue weighted by molar-refractivity contribution is -0.165. The molecule has 154 valence electrons. The summed E-state index contributed by atoms with van der Waals surface area (Å²) in [5, 5.41) is 0. The average Bonchev–Trinajstić information content (AvgIpc) is 3.55. The number of unbranched alkanes of at least 4 members (excludes halogenated alkanes) is 6. The summed E-state index contributed by atoms with van der Waals surface area (Å²) in [7, 11) is 0. The number of carbonyl (C=O) groups excluding carboxylic acids is 1. The van der Waals surface area contributed by atoms with E-state index in [0.717, 1.165) is 44.9 Å². The van der Waals surface area contributed by atoms with Crippen molar-refractivity contribution in [2.75, 3.05) is 0 Å². The van der Waals surface area contributed by atoms with Crippen LogP contribution in [0.15, 0.2) is 0 Å². The molecule has 0 radical (unpaired) electrons. The zero-order valence-electron chi connectivity index (χ0n) is 17.1. The van der Waals surface area contributed by atoms with Gasteiger partial charge in [-0.1, -0.05) is 45.4 Å². The van der Waals surface area contributed by atoms with Gasteiger partial charge in [0.25, 0.3) is 0 Å². The number of ether oxygens (including phenoxy) is 3. The van der Waals surface area contributed by atoms with Crippen molar-refractivity contribution >= 4 is 5.97 Å². The monoisotopic (exact) mass is 378 g/mol. The van der Waals surface area contributed by atoms with Gasteiger partial charge in [0.15, 0.2) is 0 Å². The molecule has 2 heterocycles. The van der Waals surface area contributed by atoms with E-state index in [0.29, 0.717) is 36.8 Å². The Kier molecular flexibility index (Phi) is 6.43. The van der Waals surface area contributed by atoms with Crippen LogP contribution in [-0.4, -0.2) is 36.0 Å². The highest BCUT2D eigenvalue weighted by atomic mass is 16.6. The highest BCUT2D eigenvalue weighted by Gasteiger charge is 2.54. The van der Waals surface area contributed by atoms with Crippen molar-refractivity contribution < 1.29 is 19.0 Å². The minimum atomic E-state index is -0.262. The summed E-state index contributed by atoms with van der Waals surface area (Å²) in [6.45, 7) is 2.25. The Balaban J connectivity index is 1.21. The SMILES string of the molecule is CCCCCCCCCC(=O)OC1(CC2CCC3OC3C2)CCC2OC2C1. The van der Waals surface area contributed by atoms with E-state index in [-0.39, 0.29) is 11.6 Å². The summed E-state index contributed by atoms with van der Waals surface area (Å²) in [6.07, 6.45) is 18.6. The van der Waals surface area contributed by atoms with Crippen LogP contribution in [0.4, 0.5) is 0 Å². The number of rotatable bonds is 11. The topological polar surface area (TPSA) is 51.4 Å². The van der Waals surface area contributed by atoms with Crippen molar-refractivity contribution in [1.29, 1.82) is 0 Å². The van der Waals surface area contributed by atoms with Gasteiger partial charge in [-0.15, -0.1) is 0 Å².